The summed E-state index contributed by atoms with van der Waals surface area (Å²) in [5, 5.41) is 13.2. The van der Waals surface area contributed by atoms with E-state index in [0.29, 0.717) is 30.9 Å². The van der Waals surface area contributed by atoms with E-state index in [1.807, 2.05) is 50.5 Å². The van der Waals surface area contributed by atoms with Gasteiger partial charge in [0, 0.05) is 18.7 Å². The van der Waals surface area contributed by atoms with Crippen LogP contribution >= 0.6 is 11.3 Å². The summed E-state index contributed by atoms with van der Waals surface area (Å²) in [5.74, 6) is 0.0606. The normalized spacial score (nSPS) is 14.2. The van der Waals surface area contributed by atoms with Gasteiger partial charge in [0.05, 0.1) is 42.3 Å². The molecule has 0 spiro atoms. The highest BCUT2D eigenvalue weighted by molar-refractivity contribution is 7.18. The van der Waals surface area contributed by atoms with Gasteiger partial charge in [-0.2, -0.15) is 0 Å². The van der Waals surface area contributed by atoms with E-state index in [1.54, 1.807) is 7.11 Å². The molecular formula is C26H31N3O5S. The molecular weight excluding hydrogens is 466 g/mol. The molecule has 0 atom stereocenters. The van der Waals surface area contributed by atoms with E-state index in [2.05, 4.69) is 15.2 Å². The van der Waals surface area contributed by atoms with Crippen molar-refractivity contribution in [2.24, 2.45) is 5.41 Å². The van der Waals surface area contributed by atoms with Crippen molar-refractivity contribution in [1.82, 2.24) is 15.2 Å². The van der Waals surface area contributed by atoms with Crippen molar-refractivity contribution in [3.63, 3.8) is 0 Å². The van der Waals surface area contributed by atoms with Crippen LogP contribution in [-0.4, -0.2) is 61.2 Å². The zero-order valence-corrected chi connectivity index (χ0v) is 21.1. The standard InChI is InChI=1S/C26H31N3O5S/c1-29(2)9-6-10-34-21-11-19-22(12-20(21)33-3)35-23(28-19)16-27-25(32)26(15-24(30)31)13-17-7-4-5-8-18(17)14-26/h4-5,7-8,11-12H,6,9-10,13-16H2,1-3H3,(H,27,32)(H,30,31). The third-order valence-corrected chi connectivity index (χ3v) is 7.29. The van der Waals surface area contributed by atoms with Crippen LogP contribution in [0.4, 0.5) is 0 Å². The third kappa shape index (κ3) is 5.74. The first kappa shape index (κ1) is 24.9. The zero-order valence-electron chi connectivity index (χ0n) is 20.3. The van der Waals surface area contributed by atoms with Crippen molar-refractivity contribution in [2.45, 2.75) is 32.2 Å². The van der Waals surface area contributed by atoms with Gasteiger partial charge in [-0.3, -0.25) is 9.59 Å². The quantitative estimate of drug-likeness (QED) is 0.391. The van der Waals surface area contributed by atoms with Crippen LogP contribution in [0.25, 0.3) is 10.2 Å². The molecule has 1 aromatic heterocycles. The summed E-state index contributed by atoms with van der Waals surface area (Å²) in [6, 6.07) is 11.5. The molecule has 2 aromatic carbocycles. The minimum atomic E-state index is -0.983. The van der Waals surface area contributed by atoms with Crippen LogP contribution in [0.5, 0.6) is 11.5 Å². The van der Waals surface area contributed by atoms with E-state index in [0.717, 1.165) is 39.3 Å². The second kappa shape index (κ2) is 10.6. The van der Waals surface area contributed by atoms with Crippen LogP contribution in [0, 0.1) is 5.41 Å². The number of hydrogen-bond donors (Lipinski definition) is 2. The first-order valence-corrected chi connectivity index (χ1v) is 12.4. The highest BCUT2D eigenvalue weighted by atomic mass is 32.1. The highest BCUT2D eigenvalue weighted by Gasteiger charge is 2.45. The maximum atomic E-state index is 13.3. The number of ether oxygens (including phenoxy) is 2. The lowest BCUT2D eigenvalue weighted by Gasteiger charge is -2.25. The smallest absolute Gasteiger partial charge is 0.304 e. The van der Waals surface area contributed by atoms with Crippen LogP contribution in [0.15, 0.2) is 36.4 Å². The molecule has 1 aliphatic carbocycles. The average molecular weight is 498 g/mol. The predicted molar refractivity (Wildman–Crippen MR) is 135 cm³/mol. The number of carbonyl (C=O) groups is 2. The molecule has 0 unspecified atom stereocenters. The van der Waals surface area contributed by atoms with Crippen LogP contribution in [0.3, 0.4) is 0 Å². The maximum Gasteiger partial charge on any atom is 0.304 e. The fraction of sp³-hybridized carbons (Fsp3) is 0.423. The van der Waals surface area contributed by atoms with Crippen molar-refractivity contribution in [2.75, 3.05) is 34.4 Å². The van der Waals surface area contributed by atoms with E-state index < -0.39 is 11.4 Å². The lowest BCUT2D eigenvalue weighted by atomic mass is 9.80. The summed E-state index contributed by atoms with van der Waals surface area (Å²) in [6.07, 6.45) is 1.53. The Labute approximate surface area is 208 Å². The summed E-state index contributed by atoms with van der Waals surface area (Å²) in [6.45, 7) is 1.73. The largest absolute Gasteiger partial charge is 0.493 e. The highest BCUT2D eigenvalue weighted by Crippen LogP contribution is 2.40. The molecule has 0 aliphatic heterocycles. The molecule has 0 radical (unpaired) electrons. The molecule has 35 heavy (non-hydrogen) atoms. The number of methoxy groups -OCH3 is 1. The van der Waals surface area contributed by atoms with Gasteiger partial charge < -0.3 is 24.8 Å². The van der Waals surface area contributed by atoms with Crippen molar-refractivity contribution >= 4 is 33.4 Å². The molecule has 1 heterocycles. The van der Waals surface area contributed by atoms with Crippen LogP contribution in [0.2, 0.25) is 0 Å². The molecule has 9 heteroatoms. The Balaban J connectivity index is 1.46. The number of rotatable bonds is 11. The summed E-state index contributed by atoms with van der Waals surface area (Å²) in [5.41, 5.74) is 1.86. The number of carboxylic acids is 1. The minimum Gasteiger partial charge on any atom is -0.493 e. The number of fused-ring (bicyclic) bond motifs is 2. The first-order valence-electron chi connectivity index (χ1n) is 11.6. The number of hydrogen-bond acceptors (Lipinski definition) is 7. The maximum absolute atomic E-state index is 13.3. The second-order valence-electron chi connectivity index (χ2n) is 9.24. The lowest BCUT2D eigenvalue weighted by molar-refractivity contribution is -0.145. The second-order valence-corrected chi connectivity index (χ2v) is 10.4. The van der Waals surface area contributed by atoms with E-state index in [1.165, 1.54) is 11.3 Å². The van der Waals surface area contributed by atoms with Gasteiger partial charge in [-0.05, 0) is 44.5 Å². The number of thiazole rings is 1. The van der Waals surface area contributed by atoms with Gasteiger partial charge in [0.1, 0.15) is 5.01 Å². The van der Waals surface area contributed by atoms with E-state index in [4.69, 9.17) is 9.47 Å². The Kier molecular flexibility index (Phi) is 7.57. The number of carboxylic acid groups (broad SMARTS) is 1. The molecule has 1 aliphatic rings. The predicted octanol–water partition coefficient (Wildman–Crippen LogP) is 3.51. The lowest BCUT2D eigenvalue weighted by Crippen LogP contribution is -2.43. The van der Waals surface area contributed by atoms with Crippen molar-refractivity contribution in [3.05, 3.63) is 52.5 Å². The summed E-state index contributed by atoms with van der Waals surface area (Å²) < 4.78 is 12.4. The third-order valence-electron chi connectivity index (χ3n) is 6.27. The van der Waals surface area contributed by atoms with Gasteiger partial charge in [-0.15, -0.1) is 11.3 Å². The molecule has 4 rings (SSSR count). The fourth-order valence-electron chi connectivity index (χ4n) is 4.59. The monoisotopic (exact) mass is 497 g/mol. The Hall–Kier alpha value is -3.17. The van der Waals surface area contributed by atoms with Crippen molar-refractivity contribution in [3.8, 4) is 11.5 Å². The van der Waals surface area contributed by atoms with E-state index in [9.17, 15) is 14.7 Å². The van der Waals surface area contributed by atoms with Crippen molar-refractivity contribution < 1.29 is 24.2 Å². The van der Waals surface area contributed by atoms with Crippen LogP contribution in [0.1, 0.15) is 29.0 Å². The average Bonchev–Trinajstić information content (AvgIpc) is 3.39. The van der Waals surface area contributed by atoms with Gasteiger partial charge in [0.25, 0.3) is 0 Å². The Bertz CT molecular complexity index is 1200. The Morgan fingerprint density at radius 1 is 1.17 bits per heavy atom. The number of benzene rings is 2. The van der Waals surface area contributed by atoms with E-state index >= 15 is 0 Å². The molecule has 2 N–H and O–H groups in total. The van der Waals surface area contributed by atoms with Crippen LogP contribution in [-0.2, 0) is 29.0 Å². The summed E-state index contributed by atoms with van der Waals surface area (Å²) >= 11 is 1.47. The zero-order chi connectivity index (χ0) is 25.0. The Morgan fingerprint density at radius 2 is 1.89 bits per heavy atom. The summed E-state index contributed by atoms with van der Waals surface area (Å²) in [7, 11) is 5.66. The molecule has 3 aromatic rings. The number of amides is 1. The minimum absolute atomic E-state index is 0.209. The van der Waals surface area contributed by atoms with Crippen molar-refractivity contribution in [1.29, 1.82) is 0 Å². The molecule has 0 saturated carbocycles. The number of nitrogens with one attached hydrogen (secondary N) is 1. The van der Waals surface area contributed by atoms with Gasteiger partial charge >= 0.3 is 5.97 Å². The molecule has 8 nitrogen and oxygen atoms in total. The van der Waals surface area contributed by atoms with Crippen LogP contribution < -0.4 is 14.8 Å². The van der Waals surface area contributed by atoms with Gasteiger partial charge in [0.2, 0.25) is 5.91 Å². The molecule has 1 amide bonds. The number of carbonyl (C=O) groups excluding carboxylic acids is 1. The molecule has 186 valence electrons. The molecule has 0 saturated heterocycles. The topological polar surface area (TPSA) is 101 Å². The number of nitrogens with zero attached hydrogens (tertiary/aromatic N) is 2. The van der Waals surface area contributed by atoms with Gasteiger partial charge in [0.15, 0.2) is 11.5 Å². The number of aromatic nitrogens is 1. The molecule has 0 fully saturated rings. The first-order chi connectivity index (χ1) is 16.8. The molecule has 0 bridgehead atoms. The van der Waals surface area contributed by atoms with E-state index in [-0.39, 0.29) is 18.9 Å². The van der Waals surface area contributed by atoms with Gasteiger partial charge in [-0.1, -0.05) is 24.3 Å². The fourth-order valence-corrected chi connectivity index (χ4v) is 5.50. The van der Waals surface area contributed by atoms with Gasteiger partial charge in [-0.25, -0.2) is 4.98 Å². The Morgan fingerprint density at radius 3 is 2.51 bits per heavy atom. The SMILES string of the molecule is COc1cc2sc(CNC(=O)C3(CC(=O)O)Cc4ccccc4C3)nc2cc1OCCCN(C)C. The number of aliphatic carboxylic acids is 1. The summed E-state index contributed by atoms with van der Waals surface area (Å²) in [4.78, 5) is 31.7.